The van der Waals surface area contributed by atoms with Gasteiger partial charge in [-0.2, -0.15) is 0 Å². The predicted molar refractivity (Wildman–Crippen MR) is 185 cm³/mol. The second kappa shape index (κ2) is 29.7. The molecule has 236 valence electrons. The topological polar surface area (TPSA) is 0 Å². The molecule has 0 N–H and O–H groups in total. The summed E-state index contributed by atoms with van der Waals surface area (Å²) in [7, 11) is 0. The molecule has 0 bridgehead atoms. The van der Waals surface area contributed by atoms with Gasteiger partial charge in [0.1, 0.15) is 0 Å². The lowest BCUT2D eigenvalue weighted by molar-refractivity contribution is 0.0698. The summed E-state index contributed by atoms with van der Waals surface area (Å²) in [6.45, 7) is 40.8. The minimum atomic E-state index is 0. The summed E-state index contributed by atoms with van der Waals surface area (Å²) in [6, 6.07) is 0. The van der Waals surface area contributed by atoms with Crippen LogP contribution in [0.2, 0.25) is 0 Å². The minimum Gasteiger partial charge on any atom is -0.0851 e. The van der Waals surface area contributed by atoms with Crippen molar-refractivity contribution in [1.82, 2.24) is 0 Å². The first-order chi connectivity index (χ1) is 17.5. The Morgan fingerprint density at radius 3 is 1.53 bits per heavy atom. The molecule has 1 rings (SSSR count). The molecule has 1 fully saturated rings. The van der Waals surface area contributed by atoms with Crippen molar-refractivity contribution in [3.63, 3.8) is 0 Å². The molecule has 38 heavy (non-hydrogen) atoms. The molecule has 0 amide bonds. The molecule has 0 aliphatic heterocycles. The maximum absolute atomic E-state index is 2.59. The Bertz CT molecular complexity index is 470. The van der Waals surface area contributed by atoms with Gasteiger partial charge in [0, 0.05) is 0 Å². The molecule has 6 atom stereocenters. The average molecular weight is 541 g/mol. The van der Waals surface area contributed by atoms with Gasteiger partial charge in [0.05, 0.1) is 0 Å². The Hall–Kier alpha value is -0.260. The van der Waals surface area contributed by atoms with Gasteiger partial charge in [-0.1, -0.05) is 162 Å². The van der Waals surface area contributed by atoms with Crippen molar-refractivity contribution in [3.05, 3.63) is 11.6 Å². The van der Waals surface area contributed by atoms with Crippen LogP contribution < -0.4 is 0 Å². The summed E-state index contributed by atoms with van der Waals surface area (Å²) in [5.41, 5.74) is 2.05. The van der Waals surface area contributed by atoms with E-state index in [1.807, 2.05) is 41.5 Å². The molecule has 0 spiro atoms. The van der Waals surface area contributed by atoms with E-state index in [1.165, 1.54) is 57.8 Å². The molecule has 0 aromatic rings. The number of unbranched alkanes of at least 4 members (excludes halogenated alkanes) is 1. The van der Waals surface area contributed by atoms with E-state index in [0.717, 1.165) is 41.4 Å². The molecule has 0 heterocycles. The first-order valence-corrected chi connectivity index (χ1v) is 17.2. The molecule has 0 heteroatoms. The first-order valence-electron chi connectivity index (χ1n) is 17.2. The van der Waals surface area contributed by atoms with Crippen molar-refractivity contribution in [2.45, 2.75) is 190 Å². The van der Waals surface area contributed by atoms with Crippen LogP contribution in [0.25, 0.3) is 0 Å². The van der Waals surface area contributed by atoms with Gasteiger partial charge in [-0.25, -0.2) is 0 Å². The Balaban J connectivity index is -0.000000261. The molecular formula is C38H84. The molecule has 5 unspecified atom stereocenters. The zero-order chi connectivity index (χ0) is 30.2. The van der Waals surface area contributed by atoms with Gasteiger partial charge >= 0.3 is 0 Å². The Morgan fingerprint density at radius 2 is 1.24 bits per heavy atom. The van der Waals surface area contributed by atoms with Gasteiger partial charge < -0.3 is 0 Å². The van der Waals surface area contributed by atoms with Crippen molar-refractivity contribution < 1.29 is 0 Å². The van der Waals surface area contributed by atoms with Crippen molar-refractivity contribution >= 4 is 0 Å². The van der Waals surface area contributed by atoms with E-state index < -0.39 is 0 Å². The number of hydrogen-bond donors (Lipinski definition) is 0. The van der Waals surface area contributed by atoms with Gasteiger partial charge in [0.15, 0.2) is 0 Å². The van der Waals surface area contributed by atoms with Gasteiger partial charge in [-0.05, 0) is 85.9 Å². The van der Waals surface area contributed by atoms with Gasteiger partial charge in [-0.15, -0.1) is 0 Å². The fourth-order valence-corrected chi connectivity index (χ4v) is 6.40. The molecular weight excluding hydrogens is 456 g/mol. The van der Waals surface area contributed by atoms with E-state index in [-0.39, 0.29) is 7.43 Å². The van der Waals surface area contributed by atoms with Crippen LogP contribution in [0.3, 0.4) is 0 Å². The zero-order valence-electron chi connectivity index (χ0n) is 30.0. The van der Waals surface area contributed by atoms with E-state index in [0.29, 0.717) is 5.41 Å². The second-order valence-corrected chi connectivity index (χ2v) is 11.7. The van der Waals surface area contributed by atoms with Crippen LogP contribution >= 0.6 is 0 Å². The summed E-state index contributed by atoms with van der Waals surface area (Å²) < 4.78 is 0. The molecule has 0 aromatic carbocycles. The summed E-state index contributed by atoms with van der Waals surface area (Å²) in [5, 5.41) is 0. The monoisotopic (exact) mass is 541 g/mol. The summed E-state index contributed by atoms with van der Waals surface area (Å²) >= 11 is 0. The van der Waals surface area contributed by atoms with Gasteiger partial charge in [0.25, 0.3) is 0 Å². The second-order valence-electron chi connectivity index (χ2n) is 11.7. The maximum atomic E-state index is 2.59. The number of rotatable bonds is 12. The highest BCUT2D eigenvalue weighted by molar-refractivity contribution is 5.14. The van der Waals surface area contributed by atoms with Crippen molar-refractivity contribution in [1.29, 1.82) is 0 Å². The maximum Gasteiger partial charge on any atom is -0.00908 e. The molecule has 1 aliphatic carbocycles. The minimum absolute atomic E-state index is 0. The third-order valence-corrected chi connectivity index (χ3v) is 9.19. The SMILES string of the molecule is C.CC.CC.CC.CCC(C)C.CCC/C=C(\C)C(C)(CC)C(CCC)[C@@H](CC)C1CCC(C(C)C)C1C. The molecule has 0 nitrogen and oxygen atoms in total. The summed E-state index contributed by atoms with van der Waals surface area (Å²) in [5.74, 6) is 6.25. The average Bonchev–Trinajstić information content (AvgIpc) is 3.31. The third-order valence-electron chi connectivity index (χ3n) is 9.19. The van der Waals surface area contributed by atoms with Crippen LogP contribution in [-0.2, 0) is 0 Å². The van der Waals surface area contributed by atoms with Crippen molar-refractivity contribution in [2.24, 2.45) is 46.8 Å². The van der Waals surface area contributed by atoms with E-state index in [2.05, 4.69) is 89.2 Å². The van der Waals surface area contributed by atoms with Crippen molar-refractivity contribution in [2.75, 3.05) is 0 Å². The standard InChI is InChI=1S/C26H50.C5H12.3C2H6.CH4/c1-10-14-16-20(7)26(9,13-4)25(15-11-2)22(12-3)24-18-17-23(19(5)6)21(24)8;1-4-5(2)3;3*1-2;/h16,19,21-25H,10-15,17-18H2,1-9H3;5H,4H2,1-3H3;3*1-2H3;1H4/b20-16+;;;;;/t21?,22-,23?,24?,25?,26?;;;;;/m0...../s1. The van der Waals surface area contributed by atoms with Crippen LogP contribution in [0.15, 0.2) is 11.6 Å². The number of hydrogen-bond acceptors (Lipinski definition) is 0. The van der Waals surface area contributed by atoms with Crippen LogP contribution in [0, 0.1) is 46.8 Å². The zero-order valence-corrected chi connectivity index (χ0v) is 30.0. The quantitative estimate of drug-likeness (QED) is 0.216. The Labute approximate surface area is 248 Å². The van der Waals surface area contributed by atoms with E-state index in [1.54, 1.807) is 5.57 Å². The highest BCUT2D eigenvalue weighted by Gasteiger charge is 2.45. The van der Waals surface area contributed by atoms with E-state index in [4.69, 9.17) is 0 Å². The number of allylic oxidation sites excluding steroid dienone is 2. The molecule has 0 aromatic heterocycles. The molecule has 0 saturated heterocycles. The Morgan fingerprint density at radius 1 is 0.789 bits per heavy atom. The lowest BCUT2D eigenvalue weighted by atomic mass is 9.59. The van der Waals surface area contributed by atoms with Gasteiger partial charge in [-0.3, -0.25) is 0 Å². The lowest BCUT2D eigenvalue weighted by Crippen LogP contribution is -2.38. The van der Waals surface area contributed by atoms with Crippen LogP contribution in [0.4, 0.5) is 0 Å². The normalized spacial score (nSPS) is 21.6. The highest BCUT2D eigenvalue weighted by Crippen LogP contribution is 2.53. The van der Waals surface area contributed by atoms with Crippen LogP contribution in [-0.4, -0.2) is 0 Å². The fourth-order valence-electron chi connectivity index (χ4n) is 6.40. The molecule has 1 saturated carbocycles. The van der Waals surface area contributed by atoms with E-state index >= 15 is 0 Å². The summed E-state index contributed by atoms with van der Waals surface area (Å²) in [4.78, 5) is 0. The molecule has 1 aliphatic rings. The Kier molecular flexibility index (Phi) is 37.2. The first kappa shape index (κ1) is 47.5. The van der Waals surface area contributed by atoms with Crippen molar-refractivity contribution in [3.8, 4) is 0 Å². The highest BCUT2D eigenvalue weighted by atomic mass is 14.5. The summed E-state index contributed by atoms with van der Waals surface area (Å²) in [6.07, 6.45) is 14.7. The largest absolute Gasteiger partial charge is 0.0851 e. The van der Waals surface area contributed by atoms with Crippen LogP contribution in [0.1, 0.15) is 190 Å². The smallest absolute Gasteiger partial charge is 0.00908 e. The van der Waals surface area contributed by atoms with Gasteiger partial charge in [0.2, 0.25) is 0 Å². The fraction of sp³-hybridized carbons (Fsp3) is 0.947. The van der Waals surface area contributed by atoms with Crippen LogP contribution in [0.5, 0.6) is 0 Å². The van der Waals surface area contributed by atoms with E-state index in [9.17, 15) is 0 Å². The lowest BCUT2D eigenvalue weighted by Gasteiger charge is -2.46. The third kappa shape index (κ3) is 16.8. The predicted octanol–water partition coefficient (Wildman–Crippen LogP) is 14.7. The molecule has 0 radical (unpaired) electrons.